The first-order valence-corrected chi connectivity index (χ1v) is 7.59. The van der Waals surface area contributed by atoms with Gasteiger partial charge in [0, 0.05) is 37.8 Å². The Balaban J connectivity index is 2.31. The predicted octanol–water partition coefficient (Wildman–Crippen LogP) is 3.68. The number of carbonyl (C=O) groups is 1. The first-order valence-electron chi connectivity index (χ1n) is 7.59. The number of hydrogen-bond acceptors (Lipinski definition) is 3. The molecule has 0 unspecified atom stereocenters. The van der Waals surface area contributed by atoms with E-state index >= 15 is 0 Å². The fourth-order valence-corrected chi connectivity index (χ4v) is 1.97. The van der Waals surface area contributed by atoms with Crippen molar-refractivity contribution in [1.29, 1.82) is 0 Å². The predicted molar refractivity (Wildman–Crippen MR) is 80.1 cm³/mol. The van der Waals surface area contributed by atoms with Gasteiger partial charge in [-0.25, -0.2) is 9.78 Å². The van der Waals surface area contributed by atoms with Crippen LogP contribution in [0.1, 0.15) is 45.7 Å². The van der Waals surface area contributed by atoms with E-state index in [-0.39, 0.29) is 6.42 Å². The molecule has 1 aromatic rings. The van der Waals surface area contributed by atoms with Gasteiger partial charge in [0.15, 0.2) is 0 Å². The van der Waals surface area contributed by atoms with Crippen molar-refractivity contribution in [2.24, 2.45) is 0 Å². The lowest BCUT2D eigenvalue weighted by Gasteiger charge is -2.19. The highest BCUT2D eigenvalue weighted by Crippen LogP contribution is 2.22. The van der Waals surface area contributed by atoms with Crippen molar-refractivity contribution < 1.29 is 22.7 Å². The van der Waals surface area contributed by atoms with E-state index < -0.39 is 24.3 Å². The summed E-state index contributed by atoms with van der Waals surface area (Å²) in [4.78, 5) is 15.5. The molecule has 0 aliphatic heterocycles. The number of amides is 1. The Labute approximate surface area is 134 Å². The van der Waals surface area contributed by atoms with E-state index in [2.05, 4.69) is 10.3 Å². The number of rotatable bonds is 7. The van der Waals surface area contributed by atoms with Crippen LogP contribution in [0.2, 0.25) is 0 Å². The summed E-state index contributed by atoms with van der Waals surface area (Å²) >= 11 is 0. The molecule has 0 fully saturated rings. The molecule has 0 saturated carbocycles. The largest absolute Gasteiger partial charge is 0.444 e. The summed E-state index contributed by atoms with van der Waals surface area (Å²) in [6.45, 7) is 6.20. The maximum absolute atomic E-state index is 12.1. The maximum Gasteiger partial charge on any atom is 0.407 e. The third kappa shape index (κ3) is 9.10. The molecular weight excluding hydrogens is 311 g/mol. The number of imidazole rings is 1. The molecule has 132 valence electrons. The molecule has 1 amide bonds. The van der Waals surface area contributed by atoms with Crippen LogP contribution < -0.4 is 5.32 Å². The highest BCUT2D eigenvalue weighted by Gasteiger charge is 2.25. The maximum atomic E-state index is 12.1. The van der Waals surface area contributed by atoms with Crippen molar-refractivity contribution in [1.82, 2.24) is 14.9 Å². The van der Waals surface area contributed by atoms with Gasteiger partial charge in [-0.2, -0.15) is 13.2 Å². The van der Waals surface area contributed by atoms with Crippen molar-refractivity contribution in [3.8, 4) is 0 Å². The van der Waals surface area contributed by atoms with Crippen LogP contribution in [-0.4, -0.2) is 34.0 Å². The zero-order chi connectivity index (χ0) is 17.5. The highest BCUT2D eigenvalue weighted by molar-refractivity contribution is 5.67. The van der Waals surface area contributed by atoms with E-state index in [1.165, 1.54) is 0 Å². The number of aromatic nitrogens is 2. The van der Waals surface area contributed by atoms with E-state index in [9.17, 15) is 18.0 Å². The van der Waals surface area contributed by atoms with E-state index in [4.69, 9.17) is 4.74 Å². The lowest BCUT2D eigenvalue weighted by atomic mass is 10.2. The molecule has 1 aromatic heterocycles. The van der Waals surface area contributed by atoms with Crippen molar-refractivity contribution >= 4 is 6.09 Å². The molecule has 0 atom stereocenters. The summed E-state index contributed by atoms with van der Waals surface area (Å²) < 4.78 is 43.2. The molecular formula is C15H24F3N3O2. The van der Waals surface area contributed by atoms with E-state index in [0.717, 1.165) is 5.69 Å². The molecule has 0 aromatic carbocycles. The number of halogens is 3. The smallest absolute Gasteiger partial charge is 0.407 e. The lowest BCUT2D eigenvalue weighted by Crippen LogP contribution is -2.33. The fourth-order valence-electron chi connectivity index (χ4n) is 1.97. The van der Waals surface area contributed by atoms with Crippen LogP contribution in [0.25, 0.3) is 0 Å². The standard InChI is InChI=1S/C15H24F3N3O2/c1-14(2,3)23-13(22)20-8-6-12-10-19-11-21(12)9-5-4-7-15(16,17)18/h10-11H,4-9H2,1-3H3,(H,20,22). The number of alkyl carbamates (subject to hydrolysis) is 1. The van der Waals surface area contributed by atoms with Crippen molar-refractivity contribution in [3.63, 3.8) is 0 Å². The molecule has 0 spiro atoms. The Morgan fingerprint density at radius 1 is 1.30 bits per heavy atom. The Morgan fingerprint density at radius 2 is 2.00 bits per heavy atom. The van der Waals surface area contributed by atoms with Gasteiger partial charge >= 0.3 is 12.3 Å². The summed E-state index contributed by atoms with van der Waals surface area (Å²) in [7, 11) is 0. The van der Waals surface area contributed by atoms with E-state index in [0.29, 0.717) is 25.9 Å². The first kappa shape index (κ1) is 19.3. The minimum absolute atomic E-state index is 0.0945. The molecule has 0 radical (unpaired) electrons. The van der Waals surface area contributed by atoms with Crippen molar-refractivity contribution in [3.05, 3.63) is 18.2 Å². The first-order chi connectivity index (χ1) is 10.6. The quantitative estimate of drug-likeness (QED) is 0.773. The number of alkyl halides is 3. The summed E-state index contributed by atoms with van der Waals surface area (Å²) in [6.07, 6.45) is -1.05. The fraction of sp³-hybridized carbons (Fsp3) is 0.733. The van der Waals surface area contributed by atoms with Gasteiger partial charge in [0.25, 0.3) is 0 Å². The van der Waals surface area contributed by atoms with Gasteiger partial charge in [-0.15, -0.1) is 0 Å². The second-order valence-electron chi connectivity index (χ2n) is 6.33. The zero-order valence-electron chi connectivity index (χ0n) is 13.7. The van der Waals surface area contributed by atoms with Crippen LogP contribution in [0.15, 0.2) is 12.5 Å². The Bertz CT molecular complexity index is 493. The third-order valence-electron chi connectivity index (χ3n) is 2.96. The van der Waals surface area contributed by atoms with Crippen LogP contribution in [0.5, 0.6) is 0 Å². The van der Waals surface area contributed by atoms with Gasteiger partial charge in [-0.1, -0.05) is 0 Å². The van der Waals surface area contributed by atoms with E-state index in [1.54, 1.807) is 33.3 Å². The average Bonchev–Trinajstić information content (AvgIpc) is 2.79. The minimum atomic E-state index is -4.10. The minimum Gasteiger partial charge on any atom is -0.444 e. The molecule has 5 nitrogen and oxygen atoms in total. The Hall–Kier alpha value is -1.73. The molecule has 0 aliphatic carbocycles. The average molecular weight is 335 g/mol. The highest BCUT2D eigenvalue weighted by atomic mass is 19.4. The van der Waals surface area contributed by atoms with E-state index in [1.807, 2.05) is 4.57 Å². The van der Waals surface area contributed by atoms with Gasteiger partial charge in [0.05, 0.1) is 6.33 Å². The van der Waals surface area contributed by atoms with Crippen molar-refractivity contribution in [2.75, 3.05) is 6.54 Å². The summed E-state index contributed by atoms with van der Waals surface area (Å²) in [5.74, 6) is 0. The topological polar surface area (TPSA) is 56.1 Å². The zero-order valence-corrected chi connectivity index (χ0v) is 13.7. The summed E-state index contributed by atoms with van der Waals surface area (Å²) in [6, 6.07) is 0. The monoisotopic (exact) mass is 335 g/mol. The number of unbranched alkanes of at least 4 members (excludes halogenated alkanes) is 1. The normalized spacial score (nSPS) is 12.3. The summed E-state index contributed by atoms with van der Waals surface area (Å²) in [5, 5.41) is 2.64. The number of hydrogen-bond donors (Lipinski definition) is 1. The number of nitrogens with one attached hydrogen (secondary N) is 1. The molecule has 0 saturated heterocycles. The molecule has 1 N–H and O–H groups in total. The molecule has 23 heavy (non-hydrogen) atoms. The molecule has 0 bridgehead atoms. The second kappa shape index (κ2) is 8.21. The number of ether oxygens (including phenoxy) is 1. The second-order valence-corrected chi connectivity index (χ2v) is 6.33. The van der Waals surface area contributed by atoms with Crippen LogP contribution in [0, 0.1) is 0 Å². The lowest BCUT2D eigenvalue weighted by molar-refractivity contribution is -0.135. The summed E-state index contributed by atoms with van der Waals surface area (Å²) in [5.41, 5.74) is 0.317. The molecule has 1 heterocycles. The van der Waals surface area contributed by atoms with Crippen LogP contribution in [0.3, 0.4) is 0 Å². The third-order valence-corrected chi connectivity index (χ3v) is 2.96. The SMILES string of the molecule is CC(C)(C)OC(=O)NCCc1cncn1CCCCC(F)(F)F. The number of aryl methyl sites for hydroxylation is 1. The Morgan fingerprint density at radius 3 is 2.61 bits per heavy atom. The van der Waals surface area contributed by atoms with Gasteiger partial charge in [-0.3, -0.25) is 0 Å². The molecule has 0 aliphatic rings. The molecule has 8 heteroatoms. The van der Waals surface area contributed by atoms with Crippen LogP contribution in [-0.2, 0) is 17.7 Å². The van der Waals surface area contributed by atoms with Gasteiger partial charge in [-0.05, 0) is 33.6 Å². The van der Waals surface area contributed by atoms with Crippen LogP contribution >= 0.6 is 0 Å². The van der Waals surface area contributed by atoms with Gasteiger partial charge in [0.1, 0.15) is 5.60 Å². The number of carbonyl (C=O) groups excluding carboxylic acids is 1. The molecule has 1 rings (SSSR count). The Kier molecular flexibility index (Phi) is 6.90. The van der Waals surface area contributed by atoms with Crippen LogP contribution in [0.4, 0.5) is 18.0 Å². The van der Waals surface area contributed by atoms with Gasteiger partial charge < -0.3 is 14.6 Å². The number of nitrogens with zero attached hydrogens (tertiary/aromatic N) is 2. The van der Waals surface area contributed by atoms with Gasteiger partial charge in [0.2, 0.25) is 0 Å². The van der Waals surface area contributed by atoms with Crippen molar-refractivity contribution in [2.45, 2.75) is 64.8 Å².